The minimum Gasteiger partial charge on any atom is -0.355 e. The molecule has 3 aromatic rings. The highest BCUT2D eigenvalue weighted by Gasteiger charge is 2.17. The molecule has 3 rings (SSSR count). The fraction of sp³-hybridized carbons (Fsp3) is 0.111. The average Bonchev–Trinajstić information content (AvgIpc) is 3.12. The van der Waals surface area contributed by atoms with E-state index >= 15 is 0 Å². The van der Waals surface area contributed by atoms with E-state index in [1.54, 1.807) is 19.1 Å². The maximum absolute atomic E-state index is 12.3. The minimum absolute atomic E-state index is 0.133. The van der Waals surface area contributed by atoms with Crippen molar-refractivity contribution in [2.45, 2.75) is 11.8 Å². The SMILES string of the molecule is CNS(=O)(=O)c1ccc(NC(=O)c2cc(-c3ccccc3)on2)cc1C. The zero-order chi connectivity index (χ0) is 18.7. The van der Waals surface area contributed by atoms with Crippen LogP contribution in [0.15, 0.2) is 64.0 Å². The highest BCUT2D eigenvalue weighted by atomic mass is 32.2. The standard InChI is InChI=1S/C18H17N3O4S/c1-12-10-14(8-9-17(12)26(23,24)19-2)20-18(22)15-11-16(25-21-15)13-6-4-3-5-7-13/h3-11,19H,1-2H3,(H,20,22). The summed E-state index contributed by atoms with van der Waals surface area (Å²) >= 11 is 0. The van der Waals surface area contributed by atoms with Crippen molar-refractivity contribution in [3.05, 3.63) is 65.9 Å². The lowest BCUT2D eigenvalue weighted by Gasteiger charge is -2.09. The van der Waals surface area contributed by atoms with Gasteiger partial charge in [-0.1, -0.05) is 35.5 Å². The maximum Gasteiger partial charge on any atom is 0.277 e. The third-order valence-electron chi connectivity index (χ3n) is 3.79. The van der Waals surface area contributed by atoms with Crippen LogP contribution < -0.4 is 10.0 Å². The van der Waals surface area contributed by atoms with Crippen LogP contribution in [-0.2, 0) is 10.0 Å². The number of nitrogens with zero attached hydrogens (tertiary/aromatic N) is 1. The third-order valence-corrected chi connectivity index (χ3v) is 5.37. The molecule has 0 aliphatic carbocycles. The number of aromatic nitrogens is 1. The first-order valence-corrected chi connectivity index (χ1v) is 9.27. The van der Waals surface area contributed by atoms with Crippen LogP contribution in [0.3, 0.4) is 0 Å². The first kappa shape index (κ1) is 17.8. The van der Waals surface area contributed by atoms with Crippen molar-refractivity contribution in [1.29, 1.82) is 0 Å². The first-order valence-electron chi connectivity index (χ1n) is 7.78. The van der Waals surface area contributed by atoms with Gasteiger partial charge in [0.25, 0.3) is 5.91 Å². The van der Waals surface area contributed by atoms with E-state index in [0.717, 1.165) is 5.56 Å². The second kappa shape index (κ2) is 7.11. The van der Waals surface area contributed by atoms with E-state index in [-0.39, 0.29) is 10.6 Å². The van der Waals surface area contributed by atoms with E-state index < -0.39 is 15.9 Å². The molecule has 7 nitrogen and oxygen atoms in total. The van der Waals surface area contributed by atoms with E-state index in [1.807, 2.05) is 30.3 Å². The molecule has 0 fully saturated rings. The Balaban J connectivity index is 1.79. The Bertz CT molecular complexity index is 1040. The maximum atomic E-state index is 12.3. The predicted octanol–water partition coefficient (Wildman–Crippen LogP) is 2.81. The van der Waals surface area contributed by atoms with Gasteiger partial charge in [0.15, 0.2) is 11.5 Å². The smallest absolute Gasteiger partial charge is 0.277 e. The molecule has 0 bridgehead atoms. The van der Waals surface area contributed by atoms with Crippen LogP contribution in [0.1, 0.15) is 16.1 Å². The lowest BCUT2D eigenvalue weighted by molar-refractivity contribution is 0.101. The van der Waals surface area contributed by atoms with Gasteiger partial charge in [-0.2, -0.15) is 0 Å². The lowest BCUT2D eigenvalue weighted by Crippen LogP contribution is -2.20. The second-order valence-electron chi connectivity index (χ2n) is 5.58. The van der Waals surface area contributed by atoms with E-state index in [4.69, 9.17) is 4.52 Å². The number of nitrogens with one attached hydrogen (secondary N) is 2. The Morgan fingerprint density at radius 1 is 1.08 bits per heavy atom. The number of hydrogen-bond donors (Lipinski definition) is 2. The minimum atomic E-state index is -3.54. The average molecular weight is 371 g/mol. The molecule has 0 aliphatic heterocycles. The summed E-state index contributed by atoms with van der Waals surface area (Å²) in [5.41, 5.74) is 1.93. The largest absolute Gasteiger partial charge is 0.355 e. The summed E-state index contributed by atoms with van der Waals surface area (Å²) in [6.07, 6.45) is 0. The molecule has 2 aromatic carbocycles. The van der Waals surface area contributed by atoms with Gasteiger partial charge in [0.1, 0.15) is 0 Å². The van der Waals surface area contributed by atoms with E-state index in [9.17, 15) is 13.2 Å². The van der Waals surface area contributed by atoms with Gasteiger partial charge in [0, 0.05) is 17.3 Å². The quantitative estimate of drug-likeness (QED) is 0.718. The van der Waals surface area contributed by atoms with Crippen LogP contribution in [0.2, 0.25) is 0 Å². The number of sulfonamides is 1. The number of hydrogen-bond acceptors (Lipinski definition) is 5. The molecular weight excluding hydrogens is 354 g/mol. The molecule has 0 saturated heterocycles. The van der Waals surface area contributed by atoms with Crippen molar-refractivity contribution in [3.8, 4) is 11.3 Å². The zero-order valence-electron chi connectivity index (χ0n) is 14.2. The summed E-state index contributed by atoms with van der Waals surface area (Å²) in [4.78, 5) is 12.5. The van der Waals surface area contributed by atoms with E-state index in [1.165, 1.54) is 19.2 Å². The number of amides is 1. The van der Waals surface area contributed by atoms with Gasteiger partial charge in [-0.3, -0.25) is 4.79 Å². The third kappa shape index (κ3) is 3.66. The number of aryl methyl sites for hydroxylation is 1. The van der Waals surface area contributed by atoms with Crippen molar-refractivity contribution in [2.24, 2.45) is 0 Å². The van der Waals surface area contributed by atoms with Crippen LogP contribution in [0, 0.1) is 6.92 Å². The van der Waals surface area contributed by atoms with Gasteiger partial charge in [0.2, 0.25) is 10.0 Å². The summed E-state index contributed by atoms with van der Waals surface area (Å²) in [7, 11) is -2.20. The molecule has 1 aromatic heterocycles. The summed E-state index contributed by atoms with van der Waals surface area (Å²) < 4.78 is 31.3. The number of anilines is 1. The number of benzene rings is 2. The van der Waals surface area contributed by atoms with Crippen LogP contribution in [0.25, 0.3) is 11.3 Å². The molecule has 0 radical (unpaired) electrons. The van der Waals surface area contributed by atoms with E-state index in [0.29, 0.717) is 17.0 Å². The topological polar surface area (TPSA) is 101 Å². The Morgan fingerprint density at radius 3 is 2.46 bits per heavy atom. The molecule has 0 saturated carbocycles. The number of carbonyl (C=O) groups excluding carboxylic acids is 1. The normalized spacial score (nSPS) is 11.3. The molecule has 0 unspecified atom stereocenters. The Kier molecular flexibility index (Phi) is 4.88. The summed E-state index contributed by atoms with van der Waals surface area (Å²) in [5.74, 6) is 0.0435. The molecular formula is C18H17N3O4S. The molecule has 134 valence electrons. The Morgan fingerprint density at radius 2 is 1.81 bits per heavy atom. The molecule has 0 atom stereocenters. The van der Waals surface area contributed by atoms with Gasteiger partial charge in [-0.25, -0.2) is 13.1 Å². The molecule has 1 heterocycles. The summed E-state index contributed by atoms with van der Waals surface area (Å²) in [6.45, 7) is 1.66. The molecule has 26 heavy (non-hydrogen) atoms. The molecule has 0 aliphatic rings. The van der Waals surface area contributed by atoms with Crippen molar-refractivity contribution < 1.29 is 17.7 Å². The fourth-order valence-corrected chi connectivity index (χ4v) is 3.40. The summed E-state index contributed by atoms with van der Waals surface area (Å²) in [6, 6.07) is 15.4. The highest BCUT2D eigenvalue weighted by molar-refractivity contribution is 7.89. The fourth-order valence-electron chi connectivity index (χ4n) is 2.45. The molecule has 0 spiro atoms. The zero-order valence-corrected chi connectivity index (χ0v) is 15.0. The molecule has 1 amide bonds. The molecule has 8 heteroatoms. The number of rotatable bonds is 5. The lowest BCUT2D eigenvalue weighted by atomic mass is 10.1. The Hall–Kier alpha value is -2.97. The van der Waals surface area contributed by atoms with Gasteiger partial charge in [-0.15, -0.1) is 0 Å². The number of carbonyl (C=O) groups is 1. The summed E-state index contributed by atoms with van der Waals surface area (Å²) in [5, 5.41) is 6.47. The highest BCUT2D eigenvalue weighted by Crippen LogP contribution is 2.22. The van der Waals surface area contributed by atoms with Crippen molar-refractivity contribution in [1.82, 2.24) is 9.88 Å². The van der Waals surface area contributed by atoms with E-state index in [2.05, 4.69) is 15.2 Å². The van der Waals surface area contributed by atoms with Crippen molar-refractivity contribution in [3.63, 3.8) is 0 Å². The van der Waals surface area contributed by atoms with Crippen LogP contribution in [0.5, 0.6) is 0 Å². The van der Waals surface area contributed by atoms with Gasteiger partial charge in [0.05, 0.1) is 4.90 Å². The van der Waals surface area contributed by atoms with Gasteiger partial charge >= 0.3 is 0 Å². The van der Waals surface area contributed by atoms with Crippen LogP contribution in [-0.4, -0.2) is 26.5 Å². The first-order chi connectivity index (χ1) is 12.4. The predicted molar refractivity (Wildman–Crippen MR) is 97.3 cm³/mol. The monoisotopic (exact) mass is 371 g/mol. The van der Waals surface area contributed by atoms with Gasteiger partial charge in [-0.05, 0) is 37.7 Å². The van der Waals surface area contributed by atoms with Crippen molar-refractivity contribution >= 4 is 21.6 Å². The van der Waals surface area contributed by atoms with Crippen LogP contribution >= 0.6 is 0 Å². The second-order valence-corrected chi connectivity index (χ2v) is 7.44. The molecule has 2 N–H and O–H groups in total. The van der Waals surface area contributed by atoms with Crippen LogP contribution in [0.4, 0.5) is 5.69 Å². The Labute approximate surface area is 151 Å². The van der Waals surface area contributed by atoms with Crippen molar-refractivity contribution in [2.75, 3.05) is 12.4 Å². The van der Waals surface area contributed by atoms with Gasteiger partial charge < -0.3 is 9.84 Å².